The number of likely N-dealkylation sites (N-methyl/N-ethyl adjacent to an activating group) is 1. The zero-order valence-electron chi connectivity index (χ0n) is 12.4. The van der Waals surface area contributed by atoms with Gasteiger partial charge in [0.2, 0.25) is 0 Å². The number of hydrogen-bond acceptors (Lipinski definition) is 4. The summed E-state index contributed by atoms with van der Waals surface area (Å²) in [6.07, 6.45) is 3.72. The topological polar surface area (TPSA) is 45.4 Å². The van der Waals surface area contributed by atoms with Crippen molar-refractivity contribution in [2.45, 2.75) is 19.4 Å². The number of pyridine rings is 1. The average molecular weight is 270 g/mol. The number of nitrogen functional groups attached to an aromatic ring is 1. The average Bonchev–Trinajstić information content (AvgIpc) is 2.43. The van der Waals surface area contributed by atoms with Gasteiger partial charge in [-0.25, -0.2) is 0 Å². The maximum Gasteiger partial charge on any atom is 0.0464 e. The van der Waals surface area contributed by atoms with Gasteiger partial charge in [0.05, 0.1) is 0 Å². The van der Waals surface area contributed by atoms with Crippen molar-refractivity contribution in [3.63, 3.8) is 0 Å². The zero-order valence-corrected chi connectivity index (χ0v) is 12.4. The molecule has 2 heterocycles. The fourth-order valence-corrected chi connectivity index (χ4v) is 2.92. The van der Waals surface area contributed by atoms with Crippen molar-refractivity contribution in [3.05, 3.63) is 30.6 Å². The van der Waals surface area contributed by atoms with E-state index in [2.05, 4.69) is 41.7 Å². The van der Waals surface area contributed by atoms with E-state index in [1.807, 2.05) is 18.3 Å². The fraction of sp³-hybridized carbons (Fsp3) is 0.438. The first-order chi connectivity index (χ1) is 9.49. The molecule has 0 bridgehead atoms. The summed E-state index contributed by atoms with van der Waals surface area (Å²) in [5.74, 6) is 0. The van der Waals surface area contributed by atoms with Crippen molar-refractivity contribution < 1.29 is 0 Å². The lowest BCUT2D eigenvalue weighted by atomic mass is 9.98. The molecule has 1 saturated heterocycles. The molecule has 4 heteroatoms. The summed E-state index contributed by atoms with van der Waals surface area (Å²) in [5, 5.41) is 2.24. The molecular weight excluding hydrogens is 248 g/mol. The molecule has 0 atom stereocenters. The van der Waals surface area contributed by atoms with E-state index in [-0.39, 0.29) is 5.54 Å². The van der Waals surface area contributed by atoms with Gasteiger partial charge in [0.1, 0.15) is 0 Å². The second-order valence-corrected chi connectivity index (χ2v) is 6.25. The smallest absolute Gasteiger partial charge is 0.0464 e. The van der Waals surface area contributed by atoms with Gasteiger partial charge in [-0.3, -0.25) is 9.88 Å². The molecule has 1 aromatic heterocycles. The first-order valence-electron chi connectivity index (χ1n) is 7.07. The molecule has 20 heavy (non-hydrogen) atoms. The van der Waals surface area contributed by atoms with Crippen LogP contribution >= 0.6 is 0 Å². The van der Waals surface area contributed by atoms with Crippen LogP contribution in [0, 0.1) is 0 Å². The van der Waals surface area contributed by atoms with Crippen molar-refractivity contribution in [2.75, 3.05) is 37.3 Å². The van der Waals surface area contributed by atoms with Crippen LogP contribution in [0.4, 0.5) is 11.4 Å². The summed E-state index contributed by atoms with van der Waals surface area (Å²) < 4.78 is 0. The normalized spacial score (nSPS) is 19.4. The van der Waals surface area contributed by atoms with E-state index in [4.69, 9.17) is 5.73 Å². The number of piperazine rings is 1. The Morgan fingerprint density at radius 1 is 1.15 bits per heavy atom. The molecule has 1 aliphatic rings. The third kappa shape index (κ3) is 2.10. The van der Waals surface area contributed by atoms with Crippen LogP contribution in [0.25, 0.3) is 10.8 Å². The molecule has 1 fully saturated rings. The highest BCUT2D eigenvalue weighted by atomic mass is 15.3. The van der Waals surface area contributed by atoms with Crippen molar-refractivity contribution >= 4 is 22.1 Å². The van der Waals surface area contributed by atoms with Gasteiger partial charge >= 0.3 is 0 Å². The molecule has 1 aliphatic heterocycles. The first kappa shape index (κ1) is 13.2. The van der Waals surface area contributed by atoms with Crippen LogP contribution in [0.2, 0.25) is 0 Å². The third-order valence-corrected chi connectivity index (χ3v) is 4.49. The SMILES string of the molecule is CN1CCN(c2ccc(N)c3ccncc23)CC1(C)C. The highest BCUT2D eigenvalue weighted by Gasteiger charge is 2.31. The van der Waals surface area contributed by atoms with Gasteiger partial charge in [-0.15, -0.1) is 0 Å². The minimum Gasteiger partial charge on any atom is -0.398 e. The Labute approximate surface area is 120 Å². The molecular formula is C16H22N4. The number of benzene rings is 1. The predicted molar refractivity (Wildman–Crippen MR) is 85.1 cm³/mol. The molecule has 0 saturated carbocycles. The Bertz CT molecular complexity index is 635. The van der Waals surface area contributed by atoms with Gasteiger partial charge in [0.15, 0.2) is 0 Å². The Morgan fingerprint density at radius 2 is 1.95 bits per heavy atom. The van der Waals surface area contributed by atoms with E-state index in [1.54, 1.807) is 6.20 Å². The molecule has 0 unspecified atom stereocenters. The van der Waals surface area contributed by atoms with Crippen LogP contribution in [-0.4, -0.2) is 42.1 Å². The summed E-state index contributed by atoms with van der Waals surface area (Å²) in [5.41, 5.74) is 8.31. The third-order valence-electron chi connectivity index (χ3n) is 4.49. The maximum atomic E-state index is 6.08. The summed E-state index contributed by atoms with van der Waals surface area (Å²) >= 11 is 0. The first-order valence-corrected chi connectivity index (χ1v) is 7.07. The fourth-order valence-electron chi connectivity index (χ4n) is 2.92. The Morgan fingerprint density at radius 3 is 2.70 bits per heavy atom. The van der Waals surface area contributed by atoms with Gasteiger partial charge in [0, 0.05) is 59.7 Å². The molecule has 106 valence electrons. The van der Waals surface area contributed by atoms with E-state index in [1.165, 1.54) is 5.69 Å². The quantitative estimate of drug-likeness (QED) is 0.808. The van der Waals surface area contributed by atoms with Crippen molar-refractivity contribution in [1.82, 2.24) is 9.88 Å². The Kier molecular flexibility index (Phi) is 3.05. The largest absolute Gasteiger partial charge is 0.398 e. The van der Waals surface area contributed by atoms with E-state index < -0.39 is 0 Å². The standard InChI is InChI=1S/C16H22N4/c1-16(2)11-20(9-8-19(16)3)15-5-4-14(17)12-6-7-18-10-13(12)15/h4-7,10H,8-9,11,17H2,1-3H3. The lowest BCUT2D eigenvalue weighted by Gasteiger charge is -2.46. The molecule has 1 aromatic carbocycles. The molecule has 0 amide bonds. The Hall–Kier alpha value is -1.81. The molecule has 0 spiro atoms. The highest BCUT2D eigenvalue weighted by Crippen LogP contribution is 2.32. The molecule has 3 rings (SSSR count). The van der Waals surface area contributed by atoms with Crippen LogP contribution in [0.1, 0.15) is 13.8 Å². The molecule has 2 aromatic rings. The maximum absolute atomic E-state index is 6.08. The minimum atomic E-state index is 0.175. The minimum absolute atomic E-state index is 0.175. The van der Waals surface area contributed by atoms with Crippen LogP contribution < -0.4 is 10.6 Å². The van der Waals surface area contributed by atoms with Crippen LogP contribution in [0.5, 0.6) is 0 Å². The zero-order chi connectivity index (χ0) is 14.3. The number of anilines is 2. The summed E-state index contributed by atoms with van der Waals surface area (Å²) in [6, 6.07) is 6.12. The van der Waals surface area contributed by atoms with E-state index in [0.717, 1.165) is 36.1 Å². The number of rotatable bonds is 1. The van der Waals surface area contributed by atoms with Gasteiger partial charge in [-0.05, 0) is 39.1 Å². The molecule has 0 aliphatic carbocycles. The number of fused-ring (bicyclic) bond motifs is 1. The van der Waals surface area contributed by atoms with Crippen LogP contribution in [0.3, 0.4) is 0 Å². The number of nitrogens with zero attached hydrogens (tertiary/aromatic N) is 3. The van der Waals surface area contributed by atoms with E-state index in [0.29, 0.717) is 0 Å². The second kappa shape index (κ2) is 4.63. The second-order valence-electron chi connectivity index (χ2n) is 6.25. The van der Waals surface area contributed by atoms with E-state index >= 15 is 0 Å². The van der Waals surface area contributed by atoms with Gasteiger partial charge in [-0.2, -0.15) is 0 Å². The van der Waals surface area contributed by atoms with Gasteiger partial charge in [-0.1, -0.05) is 0 Å². The van der Waals surface area contributed by atoms with Crippen molar-refractivity contribution in [3.8, 4) is 0 Å². The molecule has 4 nitrogen and oxygen atoms in total. The van der Waals surface area contributed by atoms with Crippen molar-refractivity contribution in [2.24, 2.45) is 0 Å². The van der Waals surface area contributed by atoms with Gasteiger partial charge < -0.3 is 10.6 Å². The van der Waals surface area contributed by atoms with Crippen LogP contribution in [-0.2, 0) is 0 Å². The predicted octanol–water partition coefficient (Wildman–Crippen LogP) is 2.35. The number of hydrogen-bond donors (Lipinski definition) is 1. The highest BCUT2D eigenvalue weighted by molar-refractivity contribution is 6.00. The molecule has 0 radical (unpaired) electrons. The number of nitrogens with two attached hydrogens (primary N) is 1. The lowest BCUT2D eigenvalue weighted by Crippen LogP contribution is -2.57. The van der Waals surface area contributed by atoms with Gasteiger partial charge in [0.25, 0.3) is 0 Å². The summed E-state index contributed by atoms with van der Waals surface area (Å²) in [6.45, 7) is 7.69. The van der Waals surface area contributed by atoms with Crippen LogP contribution in [0.15, 0.2) is 30.6 Å². The molecule has 2 N–H and O–H groups in total. The number of aromatic nitrogens is 1. The van der Waals surface area contributed by atoms with Crippen molar-refractivity contribution in [1.29, 1.82) is 0 Å². The monoisotopic (exact) mass is 270 g/mol. The summed E-state index contributed by atoms with van der Waals surface area (Å²) in [4.78, 5) is 9.13. The Balaban J connectivity index is 2.05. The summed E-state index contributed by atoms with van der Waals surface area (Å²) in [7, 11) is 2.19. The van der Waals surface area contributed by atoms with E-state index in [9.17, 15) is 0 Å². The lowest BCUT2D eigenvalue weighted by molar-refractivity contribution is 0.139.